The molecule has 0 radical (unpaired) electrons. The highest BCUT2D eigenvalue weighted by Gasteiger charge is 2.18. The number of nitrogens with two attached hydrogens (primary N) is 1. The maximum Gasteiger partial charge on any atom is 0.120 e. The predicted molar refractivity (Wildman–Crippen MR) is 84.0 cm³/mol. The Labute approximate surface area is 122 Å². The van der Waals surface area contributed by atoms with Crippen LogP contribution in [0.4, 0.5) is 0 Å². The minimum Gasteiger partial charge on any atom is -0.468 e. The molecule has 0 aliphatic heterocycles. The van der Waals surface area contributed by atoms with E-state index < -0.39 is 0 Å². The molecule has 1 unspecified atom stereocenters. The van der Waals surface area contributed by atoms with E-state index in [1.807, 2.05) is 12.1 Å². The molecule has 2 nitrogen and oxygen atoms in total. The fraction of sp³-hybridized carbons (Fsp3) is 0.444. The van der Waals surface area contributed by atoms with Gasteiger partial charge >= 0.3 is 0 Å². The summed E-state index contributed by atoms with van der Waals surface area (Å²) in [6, 6.07) is 8.33. The molecule has 1 aromatic carbocycles. The molecule has 0 spiro atoms. The second kappa shape index (κ2) is 5.45. The number of benzene rings is 1. The van der Waals surface area contributed by atoms with E-state index in [0.29, 0.717) is 0 Å². The average Bonchev–Trinajstić information content (AvgIpc) is 2.85. The number of furan rings is 1. The normalized spacial score (nSPS) is 13.5. The van der Waals surface area contributed by atoms with Crippen LogP contribution in [0.25, 0.3) is 0 Å². The van der Waals surface area contributed by atoms with E-state index in [1.165, 1.54) is 22.3 Å². The summed E-state index contributed by atoms with van der Waals surface area (Å²) in [5.74, 6) is 0.851. The molecule has 0 aliphatic rings. The molecule has 0 fully saturated rings. The lowest BCUT2D eigenvalue weighted by molar-refractivity contribution is 0.464. The van der Waals surface area contributed by atoms with Gasteiger partial charge in [0.15, 0.2) is 0 Å². The largest absolute Gasteiger partial charge is 0.468 e. The van der Waals surface area contributed by atoms with Crippen LogP contribution in [0.3, 0.4) is 0 Å². The SMILES string of the molecule is Cc1cc(C(C)(C)C)cc(C)c1CC(N)c1ccco1. The highest BCUT2D eigenvalue weighted by molar-refractivity contribution is 5.41. The van der Waals surface area contributed by atoms with Gasteiger partial charge in [0.05, 0.1) is 12.3 Å². The summed E-state index contributed by atoms with van der Waals surface area (Å²) in [5, 5.41) is 0. The Morgan fingerprint density at radius 1 is 1.15 bits per heavy atom. The summed E-state index contributed by atoms with van der Waals surface area (Å²) in [6.07, 6.45) is 2.49. The van der Waals surface area contributed by atoms with Crippen molar-refractivity contribution in [1.82, 2.24) is 0 Å². The summed E-state index contributed by atoms with van der Waals surface area (Å²) in [4.78, 5) is 0. The van der Waals surface area contributed by atoms with Gasteiger partial charge in [-0.2, -0.15) is 0 Å². The van der Waals surface area contributed by atoms with Gasteiger partial charge < -0.3 is 10.2 Å². The zero-order chi connectivity index (χ0) is 14.9. The maximum absolute atomic E-state index is 6.24. The molecule has 20 heavy (non-hydrogen) atoms. The van der Waals surface area contributed by atoms with Crippen molar-refractivity contribution in [2.24, 2.45) is 5.73 Å². The Hall–Kier alpha value is -1.54. The average molecular weight is 271 g/mol. The van der Waals surface area contributed by atoms with Crippen LogP contribution in [0.5, 0.6) is 0 Å². The van der Waals surface area contributed by atoms with Gasteiger partial charge in [0.2, 0.25) is 0 Å². The second-order valence-electron chi connectivity index (χ2n) is 6.66. The summed E-state index contributed by atoms with van der Waals surface area (Å²) >= 11 is 0. The Kier molecular flexibility index (Phi) is 4.05. The summed E-state index contributed by atoms with van der Waals surface area (Å²) < 4.78 is 5.40. The first-order valence-corrected chi connectivity index (χ1v) is 7.18. The molecule has 1 heterocycles. The Balaban J connectivity index is 2.29. The van der Waals surface area contributed by atoms with Crippen LogP contribution < -0.4 is 5.73 Å². The quantitative estimate of drug-likeness (QED) is 0.896. The van der Waals surface area contributed by atoms with Crippen LogP contribution in [-0.4, -0.2) is 0 Å². The van der Waals surface area contributed by atoms with Gasteiger partial charge in [0.25, 0.3) is 0 Å². The number of rotatable bonds is 3. The summed E-state index contributed by atoms with van der Waals surface area (Å²) in [5.41, 5.74) is 11.8. The first-order valence-electron chi connectivity index (χ1n) is 7.18. The molecule has 0 bridgehead atoms. The minimum absolute atomic E-state index is 0.0807. The molecule has 108 valence electrons. The minimum atomic E-state index is -0.0807. The van der Waals surface area contributed by atoms with Crippen molar-refractivity contribution in [3.05, 3.63) is 58.5 Å². The third-order valence-corrected chi connectivity index (χ3v) is 3.89. The molecule has 1 aromatic heterocycles. The van der Waals surface area contributed by atoms with E-state index in [-0.39, 0.29) is 11.5 Å². The van der Waals surface area contributed by atoms with E-state index in [0.717, 1.165) is 12.2 Å². The van der Waals surface area contributed by atoms with Crippen LogP contribution >= 0.6 is 0 Å². The molecule has 2 rings (SSSR count). The van der Waals surface area contributed by atoms with Crippen molar-refractivity contribution in [3.63, 3.8) is 0 Å². The summed E-state index contributed by atoms with van der Waals surface area (Å²) in [7, 11) is 0. The third kappa shape index (κ3) is 3.13. The molecule has 2 aromatic rings. The Morgan fingerprint density at radius 2 is 1.75 bits per heavy atom. The monoisotopic (exact) mass is 271 g/mol. The van der Waals surface area contributed by atoms with Gasteiger partial charge in [-0.3, -0.25) is 0 Å². The van der Waals surface area contributed by atoms with Gasteiger partial charge in [-0.15, -0.1) is 0 Å². The molecule has 2 N–H and O–H groups in total. The van der Waals surface area contributed by atoms with E-state index in [4.69, 9.17) is 10.2 Å². The van der Waals surface area contributed by atoms with E-state index in [9.17, 15) is 0 Å². The van der Waals surface area contributed by atoms with Crippen LogP contribution in [0.15, 0.2) is 34.9 Å². The molecule has 0 amide bonds. The predicted octanol–water partition coefficient (Wildman–Crippen LogP) is 4.44. The molecule has 2 heteroatoms. The molecule has 1 atom stereocenters. The molecular formula is C18H25NO. The number of aryl methyl sites for hydroxylation is 2. The Morgan fingerprint density at radius 3 is 2.20 bits per heavy atom. The van der Waals surface area contributed by atoms with Crippen molar-refractivity contribution in [2.75, 3.05) is 0 Å². The number of hydrogen-bond donors (Lipinski definition) is 1. The highest BCUT2D eigenvalue weighted by atomic mass is 16.3. The standard InChI is InChI=1S/C18H25NO/c1-12-9-14(18(3,4)5)10-13(2)15(12)11-16(19)17-7-6-8-20-17/h6-10,16H,11,19H2,1-5H3. The van der Waals surface area contributed by atoms with E-state index >= 15 is 0 Å². The maximum atomic E-state index is 6.24. The fourth-order valence-electron chi connectivity index (χ4n) is 2.57. The lowest BCUT2D eigenvalue weighted by Gasteiger charge is -2.23. The van der Waals surface area contributed by atoms with Crippen molar-refractivity contribution in [1.29, 1.82) is 0 Å². The van der Waals surface area contributed by atoms with Crippen LogP contribution in [0.1, 0.15) is 54.8 Å². The lowest BCUT2D eigenvalue weighted by Crippen LogP contribution is -2.16. The first-order chi connectivity index (χ1) is 9.29. The van der Waals surface area contributed by atoms with Crippen LogP contribution in [0, 0.1) is 13.8 Å². The van der Waals surface area contributed by atoms with Crippen LogP contribution in [0.2, 0.25) is 0 Å². The highest BCUT2D eigenvalue weighted by Crippen LogP contribution is 2.29. The van der Waals surface area contributed by atoms with E-state index in [2.05, 4.69) is 46.8 Å². The second-order valence-corrected chi connectivity index (χ2v) is 6.66. The van der Waals surface area contributed by atoms with Gasteiger partial charge in [0.1, 0.15) is 5.76 Å². The van der Waals surface area contributed by atoms with E-state index in [1.54, 1.807) is 6.26 Å². The van der Waals surface area contributed by atoms with Crippen molar-refractivity contribution in [3.8, 4) is 0 Å². The van der Waals surface area contributed by atoms with Crippen molar-refractivity contribution < 1.29 is 4.42 Å². The van der Waals surface area contributed by atoms with Gasteiger partial charge in [-0.1, -0.05) is 32.9 Å². The van der Waals surface area contributed by atoms with Gasteiger partial charge in [-0.25, -0.2) is 0 Å². The van der Waals surface area contributed by atoms with Crippen molar-refractivity contribution >= 4 is 0 Å². The Bertz CT molecular complexity index is 553. The molecular weight excluding hydrogens is 246 g/mol. The first kappa shape index (κ1) is 14.9. The smallest absolute Gasteiger partial charge is 0.120 e. The molecule has 0 saturated carbocycles. The van der Waals surface area contributed by atoms with Crippen molar-refractivity contribution in [2.45, 2.75) is 52.5 Å². The van der Waals surface area contributed by atoms with Crippen LogP contribution in [-0.2, 0) is 11.8 Å². The summed E-state index contributed by atoms with van der Waals surface area (Å²) in [6.45, 7) is 11.1. The molecule has 0 saturated heterocycles. The van der Waals surface area contributed by atoms with Gasteiger partial charge in [0, 0.05) is 0 Å². The molecule has 0 aliphatic carbocycles. The zero-order valence-electron chi connectivity index (χ0n) is 13.2. The zero-order valence-corrected chi connectivity index (χ0v) is 13.2. The third-order valence-electron chi connectivity index (χ3n) is 3.89. The lowest BCUT2D eigenvalue weighted by atomic mass is 9.83. The fourth-order valence-corrected chi connectivity index (χ4v) is 2.57. The number of hydrogen-bond acceptors (Lipinski definition) is 2. The van der Waals surface area contributed by atoms with Gasteiger partial charge in [-0.05, 0) is 60.1 Å². The topological polar surface area (TPSA) is 39.2 Å².